The van der Waals surface area contributed by atoms with Gasteiger partial charge >= 0.3 is 0 Å². The van der Waals surface area contributed by atoms with Crippen LogP contribution in [0.2, 0.25) is 0 Å². The lowest BCUT2D eigenvalue weighted by Gasteiger charge is -1.91. The van der Waals surface area contributed by atoms with Crippen LogP contribution in [0.1, 0.15) is 11.3 Å². The van der Waals surface area contributed by atoms with Crippen LogP contribution in [0.3, 0.4) is 0 Å². The first-order chi connectivity index (χ1) is 5.79. The summed E-state index contributed by atoms with van der Waals surface area (Å²) in [6.45, 7) is 2.66. The van der Waals surface area contributed by atoms with Gasteiger partial charge in [-0.1, -0.05) is 12.1 Å². The Morgan fingerprint density at radius 2 is 2.17 bits per heavy atom. The maximum absolute atomic E-state index is 5.52. The number of aryl methyl sites for hydroxylation is 1. The summed E-state index contributed by atoms with van der Waals surface area (Å²) in [7, 11) is 0. The Morgan fingerprint density at radius 1 is 1.33 bits per heavy atom. The molecule has 0 aliphatic rings. The smallest absolute Gasteiger partial charge is 0.0459 e. The Morgan fingerprint density at radius 3 is 2.92 bits per heavy atom. The molecule has 2 rings (SSSR count). The second-order valence-corrected chi connectivity index (χ2v) is 3.09. The summed E-state index contributed by atoms with van der Waals surface area (Å²) < 4.78 is 0. The van der Waals surface area contributed by atoms with Crippen molar-refractivity contribution < 1.29 is 0 Å². The third-order valence-corrected chi connectivity index (χ3v) is 2.05. The number of benzene rings is 1. The molecule has 3 N–H and O–H groups in total. The van der Waals surface area contributed by atoms with Gasteiger partial charge in [0.25, 0.3) is 0 Å². The summed E-state index contributed by atoms with van der Waals surface area (Å²) >= 11 is 0. The van der Waals surface area contributed by atoms with Crippen molar-refractivity contribution in [1.29, 1.82) is 0 Å². The van der Waals surface area contributed by atoms with Crippen LogP contribution in [0, 0.1) is 6.92 Å². The highest BCUT2D eigenvalue weighted by Gasteiger charge is 1.97. The molecule has 2 aromatic rings. The fourth-order valence-corrected chi connectivity index (χ4v) is 1.41. The quantitative estimate of drug-likeness (QED) is 0.657. The average molecular weight is 160 g/mol. The van der Waals surface area contributed by atoms with E-state index in [1.165, 1.54) is 16.5 Å². The zero-order valence-corrected chi connectivity index (χ0v) is 7.09. The summed E-state index contributed by atoms with van der Waals surface area (Å²) in [4.78, 5) is 3.26. The van der Waals surface area contributed by atoms with E-state index in [-0.39, 0.29) is 0 Å². The number of fused-ring (bicyclic) bond motifs is 1. The fraction of sp³-hybridized carbons (Fsp3) is 0.200. The van der Waals surface area contributed by atoms with Crippen LogP contribution in [0.25, 0.3) is 10.9 Å². The molecule has 0 amide bonds. The van der Waals surface area contributed by atoms with Crippen LogP contribution in [-0.2, 0) is 6.54 Å². The van der Waals surface area contributed by atoms with Gasteiger partial charge in [0.15, 0.2) is 0 Å². The van der Waals surface area contributed by atoms with E-state index in [2.05, 4.69) is 36.2 Å². The van der Waals surface area contributed by atoms with Crippen LogP contribution in [0.5, 0.6) is 0 Å². The average Bonchev–Trinajstić information content (AvgIpc) is 2.46. The van der Waals surface area contributed by atoms with E-state index in [1.54, 1.807) is 0 Å². The monoisotopic (exact) mass is 160 g/mol. The Kier molecular flexibility index (Phi) is 1.62. The van der Waals surface area contributed by atoms with Crippen molar-refractivity contribution in [3.63, 3.8) is 0 Å². The molecule has 0 atom stereocenters. The molecule has 0 saturated heterocycles. The van der Waals surface area contributed by atoms with E-state index in [4.69, 9.17) is 5.73 Å². The van der Waals surface area contributed by atoms with Gasteiger partial charge in [-0.15, -0.1) is 0 Å². The number of aromatic nitrogens is 1. The first-order valence-electron chi connectivity index (χ1n) is 4.08. The summed E-state index contributed by atoms with van der Waals surface area (Å²) in [5, 5.41) is 1.24. The summed E-state index contributed by atoms with van der Waals surface area (Å²) in [6, 6.07) is 8.44. The van der Waals surface area contributed by atoms with Crippen LogP contribution in [0.4, 0.5) is 0 Å². The molecular weight excluding hydrogens is 148 g/mol. The molecule has 0 unspecified atom stereocenters. The van der Waals surface area contributed by atoms with Gasteiger partial charge in [-0.25, -0.2) is 0 Å². The standard InChI is InChI=1S/C10H12N2/c1-7-2-3-8-5-9(6-11)12-10(8)4-7/h2-5,12H,6,11H2,1H3. The van der Waals surface area contributed by atoms with Crippen molar-refractivity contribution in [3.8, 4) is 0 Å². The second kappa shape index (κ2) is 2.64. The Hall–Kier alpha value is -1.28. The van der Waals surface area contributed by atoms with Crippen molar-refractivity contribution in [2.45, 2.75) is 13.5 Å². The molecule has 0 bridgehead atoms. The largest absolute Gasteiger partial charge is 0.357 e. The molecule has 0 spiro atoms. The maximum atomic E-state index is 5.52. The van der Waals surface area contributed by atoms with E-state index in [1.807, 2.05) is 0 Å². The number of hydrogen-bond donors (Lipinski definition) is 2. The molecule has 1 aromatic heterocycles. The van der Waals surface area contributed by atoms with E-state index < -0.39 is 0 Å². The van der Waals surface area contributed by atoms with Gasteiger partial charge in [-0.2, -0.15) is 0 Å². The number of aromatic amines is 1. The van der Waals surface area contributed by atoms with E-state index in [0.717, 1.165) is 5.69 Å². The molecule has 1 aromatic carbocycles. The lowest BCUT2D eigenvalue weighted by molar-refractivity contribution is 1.02. The van der Waals surface area contributed by atoms with Crippen molar-refractivity contribution in [1.82, 2.24) is 4.98 Å². The fourth-order valence-electron chi connectivity index (χ4n) is 1.41. The van der Waals surface area contributed by atoms with Gasteiger partial charge in [-0.3, -0.25) is 0 Å². The minimum absolute atomic E-state index is 0.577. The molecule has 12 heavy (non-hydrogen) atoms. The molecule has 1 heterocycles. The molecule has 0 aliphatic heterocycles. The van der Waals surface area contributed by atoms with Crippen molar-refractivity contribution in [2.24, 2.45) is 5.73 Å². The maximum Gasteiger partial charge on any atom is 0.0459 e. The predicted octanol–water partition coefficient (Wildman–Crippen LogP) is 1.94. The highest BCUT2D eigenvalue weighted by Crippen LogP contribution is 2.16. The van der Waals surface area contributed by atoms with E-state index in [0.29, 0.717) is 6.54 Å². The van der Waals surface area contributed by atoms with Crippen molar-refractivity contribution in [3.05, 3.63) is 35.5 Å². The molecule has 0 radical (unpaired) electrons. The normalized spacial score (nSPS) is 10.8. The Bertz CT molecular complexity index is 401. The molecule has 0 fully saturated rings. The van der Waals surface area contributed by atoms with Gasteiger partial charge in [0.1, 0.15) is 0 Å². The summed E-state index contributed by atoms with van der Waals surface area (Å²) in [5.74, 6) is 0. The number of hydrogen-bond acceptors (Lipinski definition) is 1. The third kappa shape index (κ3) is 1.10. The van der Waals surface area contributed by atoms with Gasteiger partial charge in [0.05, 0.1) is 0 Å². The molecule has 2 nitrogen and oxygen atoms in total. The zero-order chi connectivity index (χ0) is 8.55. The van der Waals surface area contributed by atoms with E-state index >= 15 is 0 Å². The van der Waals surface area contributed by atoms with Gasteiger partial charge in [-0.05, 0) is 30.0 Å². The number of nitrogens with two attached hydrogens (primary N) is 1. The van der Waals surface area contributed by atoms with Crippen LogP contribution >= 0.6 is 0 Å². The zero-order valence-electron chi connectivity index (χ0n) is 7.09. The predicted molar refractivity (Wildman–Crippen MR) is 50.9 cm³/mol. The molecule has 62 valence electrons. The van der Waals surface area contributed by atoms with Crippen LogP contribution in [-0.4, -0.2) is 4.98 Å². The molecule has 2 heteroatoms. The lowest BCUT2D eigenvalue weighted by atomic mass is 10.2. The van der Waals surface area contributed by atoms with Gasteiger partial charge in [0.2, 0.25) is 0 Å². The summed E-state index contributed by atoms with van der Waals surface area (Å²) in [5.41, 5.74) is 9.06. The second-order valence-electron chi connectivity index (χ2n) is 3.09. The Labute approximate surface area is 71.4 Å². The molecule has 0 aliphatic carbocycles. The highest BCUT2D eigenvalue weighted by molar-refractivity contribution is 5.80. The van der Waals surface area contributed by atoms with Gasteiger partial charge < -0.3 is 10.7 Å². The number of H-pyrrole nitrogens is 1. The van der Waals surface area contributed by atoms with Crippen molar-refractivity contribution >= 4 is 10.9 Å². The first kappa shape index (κ1) is 7.37. The minimum Gasteiger partial charge on any atom is -0.357 e. The highest BCUT2D eigenvalue weighted by atomic mass is 14.7. The third-order valence-electron chi connectivity index (χ3n) is 2.05. The Balaban J connectivity index is 2.67. The topological polar surface area (TPSA) is 41.8 Å². The van der Waals surface area contributed by atoms with Crippen LogP contribution < -0.4 is 5.73 Å². The number of nitrogens with one attached hydrogen (secondary N) is 1. The van der Waals surface area contributed by atoms with E-state index in [9.17, 15) is 0 Å². The molecule has 0 saturated carbocycles. The minimum atomic E-state index is 0.577. The van der Waals surface area contributed by atoms with Crippen LogP contribution in [0.15, 0.2) is 24.3 Å². The number of rotatable bonds is 1. The first-order valence-corrected chi connectivity index (χ1v) is 4.08. The van der Waals surface area contributed by atoms with Crippen molar-refractivity contribution in [2.75, 3.05) is 0 Å². The summed E-state index contributed by atoms with van der Waals surface area (Å²) in [6.07, 6.45) is 0. The SMILES string of the molecule is Cc1ccc2cc(CN)[nH]c2c1. The lowest BCUT2D eigenvalue weighted by Crippen LogP contribution is -1.94. The van der Waals surface area contributed by atoms with Gasteiger partial charge in [0, 0.05) is 17.8 Å². The molecular formula is C10H12N2.